The van der Waals surface area contributed by atoms with E-state index in [4.69, 9.17) is 0 Å². The lowest BCUT2D eigenvalue weighted by atomic mass is 9.90. The molecule has 3 rings (SSSR count). The predicted molar refractivity (Wildman–Crippen MR) is 100 cm³/mol. The van der Waals surface area contributed by atoms with Crippen molar-refractivity contribution >= 4 is 23.4 Å². The van der Waals surface area contributed by atoms with Crippen molar-refractivity contribution in [3.8, 4) is 0 Å². The van der Waals surface area contributed by atoms with E-state index >= 15 is 0 Å². The monoisotopic (exact) mass is 374 g/mol. The number of carbonyl (C=O) groups excluding carboxylic acids is 3. The lowest BCUT2D eigenvalue weighted by Gasteiger charge is -2.35. The van der Waals surface area contributed by atoms with Crippen LogP contribution in [0.15, 0.2) is 24.3 Å². The van der Waals surface area contributed by atoms with Crippen LogP contribution in [-0.2, 0) is 14.4 Å². The smallest absolute Gasteiger partial charge is 0.257 e. The largest absolute Gasteiger partial charge is 0.327 e. The summed E-state index contributed by atoms with van der Waals surface area (Å²) in [4.78, 5) is 41.5. The molecule has 5 nitrogen and oxygen atoms in total. The molecule has 0 radical (unpaired) electrons. The Labute approximate surface area is 159 Å². The highest BCUT2D eigenvalue weighted by Crippen LogP contribution is 2.33. The molecule has 1 aliphatic heterocycles. The first-order valence-electron chi connectivity index (χ1n) is 9.61. The number of benzene rings is 1. The molecular formula is C21H27FN2O3. The van der Waals surface area contributed by atoms with E-state index in [9.17, 15) is 18.8 Å². The molecule has 0 spiro atoms. The Morgan fingerprint density at radius 1 is 1.15 bits per heavy atom. The van der Waals surface area contributed by atoms with Crippen LogP contribution >= 0.6 is 0 Å². The van der Waals surface area contributed by atoms with Gasteiger partial charge in [0, 0.05) is 12.5 Å². The van der Waals surface area contributed by atoms with Crippen molar-refractivity contribution in [3.05, 3.63) is 30.1 Å². The van der Waals surface area contributed by atoms with E-state index in [1.165, 1.54) is 24.3 Å². The Morgan fingerprint density at radius 2 is 1.74 bits per heavy atom. The number of amides is 3. The van der Waals surface area contributed by atoms with Gasteiger partial charge in [-0.15, -0.1) is 0 Å². The van der Waals surface area contributed by atoms with Gasteiger partial charge in [-0.1, -0.05) is 33.6 Å². The second kappa shape index (κ2) is 7.41. The molecule has 27 heavy (non-hydrogen) atoms. The Morgan fingerprint density at radius 3 is 2.30 bits per heavy atom. The molecule has 3 amide bonds. The molecule has 6 heteroatoms. The third kappa shape index (κ3) is 4.20. The number of rotatable bonds is 4. The van der Waals surface area contributed by atoms with Crippen molar-refractivity contribution in [3.63, 3.8) is 0 Å². The van der Waals surface area contributed by atoms with Gasteiger partial charge in [0.05, 0.1) is 12.1 Å². The van der Waals surface area contributed by atoms with Crippen LogP contribution in [0.2, 0.25) is 0 Å². The van der Waals surface area contributed by atoms with E-state index in [0.29, 0.717) is 12.1 Å². The number of nitrogens with zero attached hydrogens (tertiary/aromatic N) is 2. The van der Waals surface area contributed by atoms with Gasteiger partial charge < -0.3 is 4.90 Å². The van der Waals surface area contributed by atoms with Crippen LogP contribution in [0.3, 0.4) is 0 Å². The molecular weight excluding hydrogens is 347 g/mol. The van der Waals surface area contributed by atoms with E-state index in [2.05, 4.69) is 0 Å². The van der Waals surface area contributed by atoms with Crippen molar-refractivity contribution in [1.29, 1.82) is 0 Å². The van der Waals surface area contributed by atoms with Gasteiger partial charge in [0.2, 0.25) is 11.8 Å². The van der Waals surface area contributed by atoms with E-state index < -0.39 is 11.9 Å². The van der Waals surface area contributed by atoms with Gasteiger partial charge >= 0.3 is 0 Å². The summed E-state index contributed by atoms with van der Waals surface area (Å²) in [5.41, 5.74) is 0.152. The Bertz CT molecular complexity index is 733. The highest BCUT2D eigenvalue weighted by molar-refractivity contribution is 6.23. The van der Waals surface area contributed by atoms with E-state index in [1.54, 1.807) is 4.90 Å². The topological polar surface area (TPSA) is 57.7 Å². The Balaban J connectivity index is 1.88. The zero-order chi connectivity index (χ0) is 19.8. The number of carbonyl (C=O) groups is 3. The molecule has 2 aliphatic rings. The fourth-order valence-electron chi connectivity index (χ4n) is 4.05. The minimum atomic E-state index is -0.763. The molecule has 0 N–H and O–H groups in total. The minimum Gasteiger partial charge on any atom is -0.327 e. The molecule has 1 unspecified atom stereocenters. The highest BCUT2D eigenvalue weighted by Gasteiger charge is 2.47. The summed E-state index contributed by atoms with van der Waals surface area (Å²) in [7, 11) is 0. The Kier molecular flexibility index (Phi) is 5.36. The average Bonchev–Trinajstić information content (AvgIpc) is 3.17. The highest BCUT2D eigenvalue weighted by atomic mass is 19.1. The van der Waals surface area contributed by atoms with Crippen molar-refractivity contribution in [2.24, 2.45) is 5.41 Å². The number of imide groups is 1. The molecule has 1 aliphatic carbocycles. The quantitative estimate of drug-likeness (QED) is 0.756. The normalized spacial score (nSPS) is 21.2. The predicted octanol–water partition coefficient (Wildman–Crippen LogP) is 3.67. The number of hydrogen-bond donors (Lipinski definition) is 0. The lowest BCUT2D eigenvalue weighted by Crippen LogP contribution is -2.50. The van der Waals surface area contributed by atoms with Gasteiger partial charge in [0.25, 0.3) is 5.91 Å². The molecule has 1 aromatic carbocycles. The standard InChI is InChI=1S/C21H27FN2O3/c1-21(2,3)13-19(26)23(15-6-4-5-7-15)17-12-18(25)24(20(17)27)16-10-8-14(22)9-11-16/h8-11,15,17H,4-7,12-13H2,1-3H3. The zero-order valence-corrected chi connectivity index (χ0v) is 16.2. The first-order valence-corrected chi connectivity index (χ1v) is 9.61. The number of anilines is 1. The van der Waals surface area contributed by atoms with Gasteiger partial charge in [0.15, 0.2) is 0 Å². The van der Waals surface area contributed by atoms with Crippen molar-refractivity contribution in [2.75, 3.05) is 4.90 Å². The van der Waals surface area contributed by atoms with Crippen molar-refractivity contribution in [2.45, 2.75) is 71.4 Å². The summed E-state index contributed by atoms with van der Waals surface area (Å²) in [6.07, 6.45) is 4.11. The van der Waals surface area contributed by atoms with Crippen LogP contribution in [0.1, 0.15) is 59.3 Å². The van der Waals surface area contributed by atoms with Crippen LogP contribution in [0, 0.1) is 11.2 Å². The van der Waals surface area contributed by atoms with Crippen LogP contribution < -0.4 is 4.90 Å². The summed E-state index contributed by atoms with van der Waals surface area (Å²) in [5, 5.41) is 0. The van der Waals surface area contributed by atoms with E-state index in [1.807, 2.05) is 20.8 Å². The van der Waals surface area contributed by atoms with Crippen LogP contribution in [0.4, 0.5) is 10.1 Å². The third-order valence-electron chi connectivity index (χ3n) is 5.23. The average molecular weight is 374 g/mol. The maximum atomic E-state index is 13.2. The number of hydrogen-bond acceptors (Lipinski definition) is 3. The summed E-state index contributed by atoms with van der Waals surface area (Å²) >= 11 is 0. The molecule has 0 aromatic heterocycles. The van der Waals surface area contributed by atoms with E-state index in [0.717, 1.165) is 30.6 Å². The minimum absolute atomic E-state index is 0.00904. The summed E-state index contributed by atoms with van der Waals surface area (Å²) in [5.74, 6) is -1.23. The van der Waals surface area contributed by atoms with Gasteiger partial charge in [-0.3, -0.25) is 14.4 Å². The molecule has 1 saturated heterocycles. The summed E-state index contributed by atoms with van der Waals surface area (Å²) < 4.78 is 13.2. The molecule has 0 bridgehead atoms. The fraction of sp³-hybridized carbons (Fsp3) is 0.571. The van der Waals surface area contributed by atoms with Gasteiger partial charge in [-0.05, 0) is 42.5 Å². The fourth-order valence-corrected chi connectivity index (χ4v) is 4.05. The molecule has 2 fully saturated rings. The lowest BCUT2D eigenvalue weighted by molar-refractivity contribution is -0.142. The molecule has 1 heterocycles. The van der Waals surface area contributed by atoms with Crippen LogP contribution in [0.5, 0.6) is 0 Å². The third-order valence-corrected chi connectivity index (χ3v) is 5.23. The van der Waals surface area contributed by atoms with Crippen molar-refractivity contribution < 1.29 is 18.8 Å². The second-order valence-corrected chi connectivity index (χ2v) is 8.74. The zero-order valence-electron chi connectivity index (χ0n) is 16.2. The van der Waals surface area contributed by atoms with Gasteiger partial charge in [-0.2, -0.15) is 0 Å². The van der Waals surface area contributed by atoms with Gasteiger partial charge in [0.1, 0.15) is 11.9 Å². The van der Waals surface area contributed by atoms with Gasteiger partial charge in [-0.25, -0.2) is 9.29 Å². The molecule has 1 atom stereocenters. The summed E-state index contributed by atoms with van der Waals surface area (Å²) in [6, 6.07) is 4.54. The second-order valence-electron chi connectivity index (χ2n) is 8.74. The molecule has 1 aromatic rings. The van der Waals surface area contributed by atoms with Crippen molar-refractivity contribution in [1.82, 2.24) is 4.90 Å². The maximum absolute atomic E-state index is 13.2. The first kappa shape index (κ1) is 19.5. The van der Waals surface area contributed by atoms with E-state index in [-0.39, 0.29) is 35.6 Å². The number of halogens is 1. The molecule has 146 valence electrons. The first-order chi connectivity index (χ1) is 12.7. The maximum Gasteiger partial charge on any atom is 0.257 e. The Hall–Kier alpha value is -2.24. The summed E-state index contributed by atoms with van der Waals surface area (Å²) in [6.45, 7) is 5.97. The SMILES string of the molecule is CC(C)(C)CC(=O)N(C1CCCC1)C1CC(=O)N(c2ccc(F)cc2)C1=O. The van der Waals surface area contributed by atoms with Crippen LogP contribution in [0.25, 0.3) is 0 Å². The van der Waals surface area contributed by atoms with Crippen LogP contribution in [-0.4, -0.2) is 34.7 Å². The molecule has 1 saturated carbocycles.